The van der Waals surface area contributed by atoms with Gasteiger partial charge in [-0.1, -0.05) is 19.3 Å². The second-order valence-corrected chi connectivity index (χ2v) is 5.87. The van der Waals surface area contributed by atoms with E-state index in [0.29, 0.717) is 0 Å². The number of Topliss-reactive ketones (excluding diaryl/α,β-unsaturated/α-hetero) is 1. The number of hydrogen-bond donors (Lipinski definition) is 1. The van der Waals surface area contributed by atoms with E-state index in [9.17, 15) is 13.2 Å². The molecule has 0 heterocycles. The van der Waals surface area contributed by atoms with Gasteiger partial charge < -0.3 is 0 Å². The zero-order valence-electron chi connectivity index (χ0n) is 8.45. The van der Waals surface area contributed by atoms with Crippen LogP contribution in [0.5, 0.6) is 0 Å². The highest BCUT2D eigenvalue weighted by molar-refractivity contribution is 7.90. The van der Waals surface area contributed by atoms with Crippen LogP contribution in [-0.2, 0) is 14.8 Å². The molecule has 5 heteroatoms. The summed E-state index contributed by atoms with van der Waals surface area (Å²) in [5, 5.41) is -0.282. The minimum atomic E-state index is -3.25. The molecule has 0 bridgehead atoms. The first-order valence-electron chi connectivity index (χ1n) is 5.00. The van der Waals surface area contributed by atoms with Gasteiger partial charge in [0.15, 0.2) is 0 Å². The van der Waals surface area contributed by atoms with E-state index in [1.807, 2.05) is 0 Å². The molecule has 1 saturated carbocycles. The lowest BCUT2D eigenvalue weighted by Gasteiger charge is -2.21. The van der Waals surface area contributed by atoms with Crippen molar-refractivity contribution >= 4 is 15.8 Å². The van der Waals surface area contributed by atoms with Crippen LogP contribution in [0.15, 0.2) is 0 Å². The third kappa shape index (κ3) is 3.38. The first-order valence-corrected chi connectivity index (χ1v) is 6.55. The Morgan fingerprint density at radius 3 is 2.36 bits per heavy atom. The second kappa shape index (κ2) is 4.89. The van der Waals surface area contributed by atoms with Crippen LogP contribution in [0, 0.1) is 0 Å². The van der Waals surface area contributed by atoms with Gasteiger partial charge in [0.2, 0.25) is 10.0 Å². The van der Waals surface area contributed by atoms with Crippen molar-refractivity contribution < 1.29 is 13.2 Å². The highest BCUT2D eigenvalue weighted by Crippen LogP contribution is 2.22. The fourth-order valence-electron chi connectivity index (χ4n) is 1.70. The van der Waals surface area contributed by atoms with Crippen LogP contribution in [0.2, 0.25) is 0 Å². The van der Waals surface area contributed by atoms with E-state index >= 15 is 0 Å². The Morgan fingerprint density at radius 2 is 1.86 bits per heavy atom. The van der Waals surface area contributed by atoms with Crippen LogP contribution in [-0.4, -0.2) is 26.0 Å². The topological polar surface area (TPSA) is 63.2 Å². The molecule has 0 aromatic heterocycles. The zero-order chi connectivity index (χ0) is 10.6. The minimum absolute atomic E-state index is 0.0706. The summed E-state index contributed by atoms with van der Waals surface area (Å²) < 4.78 is 25.6. The van der Waals surface area contributed by atoms with Crippen LogP contribution < -0.4 is 4.72 Å². The smallest absolute Gasteiger partial charge is 0.214 e. The molecule has 1 rings (SSSR count). The molecule has 1 N–H and O–H groups in total. The van der Waals surface area contributed by atoms with Crippen LogP contribution >= 0.6 is 0 Å². The number of nitrogens with one attached hydrogen (secondary N) is 1. The average molecular weight is 219 g/mol. The molecule has 4 nitrogen and oxygen atoms in total. The fourth-order valence-corrected chi connectivity index (χ4v) is 3.29. The number of ketones is 1. The van der Waals surface area contributed by atoms with Crippen molar-refractivity contribution in [3.63, 3.8) is 0 Å². The van der Waals surface area contributed by atoms with E-state index in [2.05, 4.69) is 4.72 Å². The van der Waals surface area contributed by atoms with Crippen LogP contribution in [0.3, 0.4) is 0 Å². The Labute approximate surface area is 85.1 Å². The molecule has 14 heavy (non-hydrogen) atoms. The van der Waals surface area contributed by atoms with E-state index in [1.165, 1.54) is 6.92 Å². The van der Waals surface area contributed by atoms with Crippen molar-refractivity contribution in [3.8, 4) is 0 Å². The van der Waals surface area contributed by atoms with Gasteiger partial charge in [-0.3, -0.25) is 4.79 Å². The Morgan fingerprint density at radius 1 is 1.29 bits per heavy atom. The molecule has 0 spiro atoms. The fraction of sp³-hybridized carbons (Fsp3) is 0.889. The molecule has 0 atom stereocenters. The van der Waals surface area contributed by atoms with Crippen molar-refractivity contribution in [2.24, 2.45) is 0 Å². The summed E-state index contributed by atoms with van der Waals surface area (Å²) in [6.07, 6.45) is 4.54. The predicted molar refractivity (Wildman–Crippen MR) is 54.5 cm³/mol. The zero-order valence-corrected chi connectivity index (χ0v) is 9.27. The molecule has 0 unspecified atom stereocenters. The Balaban J connectivity index is 2.50. The van der Waals surface area contributed by atoms with Gasteiger partial charge in [-0.25, -0.2) is 13.1 Å². The van der Waals surface area contributed by atoms with Gasteiger partial charge in [-0.2, -0.15) is 0 Å². The SMILES string of the molecule is CC(=O)CNS(=O)(=O)C1CCCCC1. The molecule has 0 saturated heterocycles. The summed E-state index contributed by atoms with van der Waals surface area (Å²) in [7, 11) is -3.25. The van der Waals surface area contributed by atoms with Crippen molar-refractivity contribution in [3.05, 3.63) is 0 Å². The number of carbonyl (C=O) groups excluding carboxylic acids is 1. The minimum Gasteiger partial charge on any atom is -0.299 e. The van der Waals surface area contributed by atoms with Gasteiger partial charge in [0.25, 0.3) is 0 Å². The Kier molecular flexibility index (Phi) is 4.07. The maximum absolute atomic E-state index is 11.6. The van der Waals surface area contributed by atoms with Gasteiger partial charge in [0.05, 0.1) is 11.8 Å². The normalized spacial score (nSPS) is 19.5. The Bertz CT molecular complexity index is 291. The van der Waals surface area contributed by atoms with Crippen molar-refractivity contribution in [2.75, 3.05) is 6.54 Å². The molecule has 1 aliphatic carbocycles. The van der Waals surface area contributed by atoms with E-state index in [-0.39, 0.29) is 17.6 Å². The lowest BCUT2D eigenvalue weighted by molar-refractivity contribution is -0.115. The molecule has 1 fully saturated rings. The molecular formula is C9H17NO3S. The summed E-state index contributed by atoms with van der Waals surface area (Å²) >= 11 is 0. The van der Waals surface area contributed by atoms with Crippen LogP contribution in [0.4, 0.5) is 0 Å². The maximum atomic E-state index is 11.6. The monoisotopic (exact) mass is 219 g/mol. The van der Waals surface area contributed by atoms with Gasteiger partial charge >= 0.3 is 0 Å². The van der Waals surface area contributed by atoms with E-state index in [4.69, 9.17) is 0 Å². The predicted octanol–water partition coefficient (Wildman–Crippen LogP) is 0.827. The standard InChI is InChI=1S/C9H17NO3S/c1-8(11)7-10-14(12,13)9-5-3-2-4-6-9/h9-10H,2-7H2,1H3. The summed E-state index contributed by atoms with van der Waals surface area (Å²) in [6.45, 7) is 1.31. The highest BCUT2D eigenvalue weighted by atomic mass is 32.2. The first kappa shape index (κ1) is 11.7. The van der Waals surface area contributed by atoms with Crippen molar-refractivity contribution in [1.82, 2.24) is 4.72 Å². The van der Waals surface area contributed by atoms with E-state index in [1.54, 1.807) is 0 Å². The molecule has 1 aliphatic rings. The van der Waals surface area contributed by atoms with Gasteiger partial charge in [-0.15, -0.1) is 0 Å². The largest absolute Gasteiger partial charge is 0.299 e. The maximum Gasteiger partial charge on any atom is 0.214 e. The van der Waals surface area contributed by atoms with Crippen LogP contribution in [0.1, 0.15) is 39.0 Å². The summed E-state index contributed by atoms with van der Waals surface area (Å²) in [5.41, 5.74) is 0. The molecule has 0 aliphatic heterocycles. The van der Waals surface area contributed by atoms with Gasteiger partial charge in [0, 0.05) is 0 Å². The van der Waals surface area contributed by atoms with E-state index < -0.39 is 10.0 Å². The summed E-state index contributed by atoms with van der Waals surface area (Å²) in [6, 6.07) is 0. The molecule has 0 aromatic rings. The second-order valence-electron chi connectivity index (χ2n) is 3.83. The average Bonchev–Trinajstić information content (AvgIpc) is 2.16. The molecule has 82 valence electrons. The third-order valence-electron chi connectivity index (χ3n) is 2.51. The molecule has 0 aromatic carbocycles. The van der Waals surface area contributed by atoms with E-state index in [0.717, 1.165) is 32.1 Å². The lowest BCUT2D eigenvalue weighted by Crippen LogP contribution is -2.37. The van der Waals surface area contributed by atoms with Crippen molar-refractivity contribution in [2.45, 2.75) is 44.3 Å². The summed E-state index contributed by atoms with van der Waals surface area (Å²) in [5.74, 6) is -0.149. The van der Waals surface area contributed by atoms with Gasteiger partial charge in [0.1, 0.15) is 5.78 Å². The molecular weight excluding hydrogens is 202 g/mol. The lowest BCUT2D eigenvalue weighted by atomic mass is 10.0. The number of sulfonamides is 1. The van der Waals surface area contributed by atoms with Crippen molar-refractivity contribution in [1.29, 1.82) is 0 Å². The number of rotatable bonds is 4. The number of carbonyl (C=O) groups is 1. The quantitative estimate of drug-likeness (QED) is 0.761. The number of hydrogen-bond acceptors (Lipinski definition) is 3. The first-order chi connectivity index (χ1) is 6.52. The van der Waals surface area contributed by atoms with Gasteiger partial charge in [-0.05, 0) is 19.8 Å². The Hall–Kier alpha value is -0.420. The molecule has 0 amide bonds. The highest BCUT2D eigenvalue weighted by Gasteiger charge is 2.26. The third-order valence-corrected chi connectivity index (χ3v) is 4.41. The van der Waals surface area contributed by atoms with Crippen LogP contribution in [0.25, 0.3) is 0 Å². The summed E-state index contributed by atoms with van der Waals surface area (Å²) in [4.78, 5) is 10.6. The molecule has 0 radical (unpaired) electrons.